The molecule has 0 aliphatic heterocycles. The number of unbranched alkanes of at least 4 members (excludes halogenated alkanes) is 1. The van der Waals surface area contributed by atoms with Crippen LogP contribution in [0.25, 0.3) is 0 Å². The van der Waals surface area contributed by atoms with Crippen LogP contribution in [0, 0.1) is 17.8 Å². The highest BCUT2D eigenvalue weighted by Gasteiger charge is 2.19. The summed E-state index contributed by atoms with van der Waals surface area (Å²) in [5.74, 6) is 9.11. The molecule has 0 aromatic heterocycles. The lowest BCUT2D eigenvalue weighted by atomic mass is 9.79. The molecular formula is C25H30O. The number of benzene rings is 2. The van der Waals surface area contributed by atoms with Gasteiger partial charge in [-0.3, -0.25) is 0 Å². The molecule has 0 spiro atoms. The van der Waals surface area contributed by atoms with Crippen LogP contribution in [0.2, 0.25) is 0 Å². The summed E-state index contributed by atoms with van der Waals surface area (Å²) in [4.78, 5) is 0. The van der Waals surface area contributed by atoms with Crippen LogP contribution in [0.1, 0.15) is 75.0 Å². The van der Waals surface area contributed by atoms with Gasteiger partial charge in [0.2, 0.25) is 0 Å². The second-order valence-corrected chi connectivity index (χ2v) is 7.56. The molecule has 0 radical (unpaired) electrons. The van der Waals surface area contributed by atoms with Crippen LogP contribution < -0.4 is 4.74 Å². The third-order valence-corrected chi connectivity index (χ3v) is 5.37. The minimum Gasteiger partial charge on any atom is -0.494 e. The maximum Gasteiger partial charge on any atom is 0.119 e. The largest absolute Gasteiger partial charge is 0.494 e. The molecule has 0 unspecified atom stereocenters. The zero-order valence-electron chi connectivity index (χ0n) is 16.1. The Labute approximate surface area is 158 Å². The van der Waals surface area contributed by atoms with Crippen LogP contribution in [0.15, 0.2) is 48.5 Å². The Hall–Kier alpha value is -2.20. The van der Waals surface area contributed by atoms with Crippen molar-refractivity contribution in [3.8, 4) is 17.6 Å². The Kier molecular flexibility index (Phi) is 6.78. The smallest absolute Gasteiger partial charge is 0.119 e. The fourth-order valence-corrected chi connectivity index (χ4v) is 3.55. The molecule has 0 heterocycles. The number of hydrogen-bond donors (Lipinski definition) is 0. The van der Waals surface area contributed by atoms with E-state index in [-0.39, 0.29) is 0 Å². The lowest BCUT2D eigenvalue weighted by Gasteiger charge is -2.26. The van der Waals surface area contributed by atoms with Gasteiger partial charge in [0.1, 0.15) is 5.75 Å². The molecule has 2 aromatic rings. The van der Waals surface area contributed by atoms with Crippen LogP contribution >= 0.6 is 0 Å². The fourth-order valence-electron chi connectivity index (χ4n) is 3.55. The van der Waals surface area contributed by atoms with Gasteiger partial charge in [-0.1, -0.05) is 57.1 Å². The number of ether oxygens (including phenoxy) is 1. The van der Waals surface area contributed by atoms with E-state index in [1.807, 2.05) is 24.3 Å². The lowest BCUT2D eigenvalue weighted by molar-refractivity contribution is 0.309. The highest BCUT2D eigenvalue weighted by molar-refractivity contribution is 5.45. The molecule has 1 saturated carbocycles. The van der Waals surface area contributed by atoms with E-state index in [1.165, 1.54) is 31.2 Å². The van der Waals surface area contributed by atoms with Crippen molar-refractivity contribution in [3.63, 3.8) is 0 Å². The molecule has 1 aliphatic carbocycles. The Morgan fingerprint density at radius 3 is 2.00 bits per heavy atom. The van der Waals surface area contributed by atoms with E-state index in [0.717, 1.165) is 48.2 Å². The lowest BCUT2D eigenvalue weighted by Crippen LogP contribution is -2.10. The number of rotatable bonds is 5. The molecule has 2 aromatic carbocycles. The molecular weight excluding hydrogens is 316 g/mol. The van der Waals surface area contributed by atoms with Gasteiger partial charge in [0.15, 0.2) is 0 Å². The van der Waals surface area contributed by atoms with Crippen molar-refractivity contribution in [2.24, 2.45) is 5.92 Å². The first-order valence-electron chi connectivity index (χ1n) is 10.1. The highest BCUT2D eigenvalue weighted by Crippen LogP contribution is 2.35. The second-order valence-electron chi connectivity index (χ2n) is 7.56. The molecule has 136 valence electrons. The third-order valence-electron chi connectivity index (χ3n) is 5.37. The van der Waals surface area contributed by atoms with Crippen molar-refractivity contribution in [1.29, 1.82) is 0 Å². The molecule has 3 rings (SSSR count). The van der Waals surface area contributed by atoms with E-state index < -0.39 is 0 Å². The number of hydrogen-bond acceptors (Lipinski definition) is 1. The van der Waals surface area contributed by atoms with Gasteiger partial charge < -0.3 is 4.74 Å². The van der Waals surface area contributed by atoms with E-state index in [0.29, 0.717) is 0 Å². The van der Waals surface area contributed by atoms with Gasteiger partial charge in [-0.25, -0.2) is 0 Å². The van der Waals surface area contributed by atoms with E-state index in [9.17, 15) is 0 Å². The van der Waals surface area contributed by atoms with E-state index in [2.05, 4.69) is 50.0 Å². The summed E-state index contributed by atoms with van der Waals surface area (Å²) in [5.41, 5.74) is 3.59. The normalized spacial score (nSPS) is 19.5. The standard InChI is InChI=1S/C25H30O/c1-3-4-19-26-25-17-11-22(12-18-25)8-7-21-9-15-24(16-10-21)23-13-5-20(2)6-14-23/h9-12,15-18,20,23H,3-6,13-14,19H2,1-2H3. The Morgan fingerprint density at radius 1 is 0.846 bits per heavy atom. The van der Waals surface area contributed by atoms with Gasteiger partial charge in [0, 0.05) is 11.1 Å². The van der Waals surface area contributed by atoms with Gasteiger partial charge in [-0.2, -0.15) is 0 Å². The maximum atomic E-state index is 5.69. The average Bonchev–Trinajstić information content (AvgIpc) is 2.69. The van der Waals surface area contributed by atoms with Gasteiger partial charge in [-0.05, 0) is 73.1 Å². The Bertz CT molecular complexity index is 722. The first kappa shape index (κ1) is 18.6. The second kappa shape index (κ2) is 9.48. The summed E-state index contributed by atoms with van der Waals surface area (Å²) >= 11 is 0. The van der Waals surface area contributed by atoms with Crippen LogP contribution in [-0.4, -0.2) is 6.61 Å². The van der Waals surface area contributed by atoms with Crippen molar-refractivity contribution in [2.45, 2.75) is 58.3 Å². The summed E-state index contributed by atoms with van der Waals surface area (Å²) < 4.78 is 5.69. The molecule has 0 bridgehead atoms. The van der Waals surface area contributed by atoms with Crippen LogP contribution in [0.3, 0.4) is 0 Å². The molecule has 0 saturated heterocycles. The molecule has 0 amide bonds. The summed E-state index contributed by atoms with van der Waals surface area (Å²) in [6.45, 7) is 5.33. The zero-order valence-corrected chi connectivity index (χ0v) is 16.1. The average molecular weight is 347 g/mol. The fraction of sp³-hybridized carbons (Fsp3) is 0.440. The Morgan fingerprint density at radius 2 is 1.42 bits per heavy atom. The highest BCUT2D eigenvalue weighted by atomic mass is 16.5. The zero-order chi connectivity index (χ0) is 18.2. The predicted molar refractivity (Wildman–Crippen MR) is 110 cm³/mol. The SMILES string of the molecule is CCCCOc1ccc(C#Cc2ccc(C3CCC(C)CC3)cc2)cc1. The van der Waals surface area contributed by atoms with Gasteiger partial charge in [0.25, 0.3) is 0 Å². The maximum absolute atomic E-state index is 5.69. The van der Waals surface area contributed by atoms with Crippen molar-refractivity contribution in [2.75, 3.05) is 6.61 Å². The molecule has 1 aliphatic rings. The van der Waals surface area contributed by atoms with Gasteiger partial charge in [-0.15, -0.1) is 0 Å². The van der Waals surface area contributed by atoms with Crippen LogP contribution in [0.5, 0.6) is 5.75 Å². The molecule has 0 N–H and O–H groups in total. The van der Waals surface area contributed by atoms with E-state index >= 15 is 0 Å². The minimum absolute atomic E-state index is 0.744. The predicted octanol–water partition coefficient (Wildman–Crippen LogP) is 6.56. The van der Waals surface area contributed by atoms with Crippen LogP contribution in [0.4, 0.5) is 0 Å². The van der Waals surface area contributed by atoms with Gasteiger partial charge in [0.05, 0.1) is 6.61 Å². The van der Waals surface area contributed by atoms with Crippen molar-refractivity contribution in [3.05, 3.63) is 65.2 Å². The van der Waals surface area contributed by atoms with E-state index in [4.69, 9.17) is 4.74 Å². The molecule has 26 heavy (non-hydrogen) atoms. The van der Waals surface area contributed by atoms with Crippen molar-refractivity contribution in [1.82, 2.24) is 0 Å². The quantitative estimate of drug-likeness (QED) is 0.440. The monoisotopic (exact) mass is 346 g/mol. The van der Waals surface area contributed by atoms with Crippen molar-refractivity contribution < 1.29 is 4.74 Å². The van der Waals surface area contributed by atoms with Crippen molar-refractivity contribution >= 4 is 0 Å². The molecule has 1 heteroatoms. The topological polar surface area (TPSA) is 9.23 Å². The van der Waals surface area contributed by atoms with Crippen LogP contribution in [-0.2, 0) is 0 Å². The molecule has 1 fully saturated rings. The van der Waals surface area contributed by atoms with E-state index in [1.54, 1.807) is 0 Å². The van der Waals surface area contributed by atoms with Gasteiger partial charge >= 0.3 is 0 Å². The summed E-state index contributed by atoms with van der Waals surface area (Å²) in [5, 5.41) is 0. The summed E-state index contributed by atoms with van der Waals surface area (Å²) in [6.07, 6.45) is 7.64. The third kappa shape index (κ3) is 5.40. The first-order chi connectivity index (χ1) is 12.7. The first-order valence-corrected chi connectivity index (χ1v) is 10.1. The molecule has 1 nitrogen and oxygen atoms in total. The summed E-state index contributed by atoms with van der Waals surface area (Å²) in [6, 6.07) is 17.0. The Balaban J connectivity index is 1.57. The summed E-state index contributed by atoms with van der Waals surface area (Å²) in [7, 11) is 0. The minimum atomic E-state index is 0.744. The molecule has 0 atom stereocenters.